The van der Waals surface area contributed by atoms with Crippen LogP contribution in [0.25, 0.3) is 0 Å². The van der Waals surface area contributed by atoms with Gasteiger partial charge in [-0.25, -0.2) is 4.79 Å². The van der Waals surface area contributed by atoms with Crippen LogP contribution in [0.5, 0.6) is 0 Å². The van der Waals surface area contributed by atoms with E-state index in [0.29, 0.717) is 5.69 Å². The third-order valence-corrected chi connectivity index (χ3v) is 3.16. The van der Waals surface area contributed by atoms with Crippen molar-refractivity contribution in [1.82, 2.24) is 5.32 Å². The average molecular weight is 254 g/mol. The van der Waals surface area contributed by atoms with E-state index in [1.54, 1.807) is 6.07 Å². The number of anilines is 1. The van der Waals surface area contributed by atoms with E-state index in [1.807, 2.05) is 19.1 Å². The molecular formula is C11H14N2O3S. The number of nitrogens with two attached hydrogens (primary N) is 1. The molecule has 1 aromatic rings. The second-order valence-electron chi connectivity index (χ2n) is 3.35. The second kappa shape index (κ2) is 6.15. The highest BCUT2D eigenvalue weighted by molar-refractivity contribution is 8.00. The Labute approximate surface area is 104 Å². The number of hydrogen-bond donors (Lipinski definition) is 2. The van der Waals surface area contributed by atoms with Gasteiger partial charge in [0, 0.05) is 10.6 Å². The first-order valence-corrected chi connectivity index (χ1v) is 5.88. The molecule has 17 heavy (non-hydrogen) atoms. The zero-order valence-corrected chi connectivity index (χ0v) is 10.5. The predicted octanol–water partition coefficient (Wildman–Crippen LogP) is 1.55. The number of rotatable bonds is 3. The number of methoxy groups -OCH3 is 1. The summed E-state index contributed by atoms with van der Waals surface area (Å²) in [6, 6.07) is 5.45. The monoisotopic (exact) mass is 254 g/mol. The Morgan fingerprint density at radius 1 is 1.47 bits per heavy atom. The maximum Gasteiger partial charge on any atom is 0.413 e. The summed E-state index contributed by atoms with van der Waals surface area (Å²) in [6.07, 6.45) is -0.746. The largest absolute Gasteiger partial charge is 0.453 e. The summed E-state index contributed by atoms with van der Waals surface area (Å²) in [4.78, 5) is 23.0. The van der Waals surface area contributed by atoms with Gasteiger partial charge in [0.15, 0.2) is 0 Å². The minimum atomic E-state index is -0.746. The molecule has 6 heteroatoms. The topological polar surface area (TPSA) is 81.4 Å². The van der Waals surface area contributed by atoms with Crippen LogP contribution < -0.4 is 11.1 Å². The number of carbonyl (C=O) groups is 2. The molecule has 0 aliphatic carbocycles. The number of aryl methyl sites for hydroxylation is 1. The normalized spacial score (nSPS) is 9.76. The van der Waals surface area contributed by atoms with E-state index >= 15 is 0 Å². The Hall–Kier alpha value is -1.69. The second-order valence-corrected chi connectivity index (χ2v) is 4.37. The first-order valence-electron chi connectivity index (χ1n) is 4.89. The van der Waals surface area contributed by atoms with Crippen LogP contribution >= 0.6 is 11.8 Å². The molecule has 5 nitrogen and oxygen atoms in total. The zero-order valence-electron chi connectivity index (χ0n) is 9.65. The number of imide groups is 1. The third kappa shape index (κ3) is 4.36. The van der Waals surface area contributed by atoms with E-state index in [-0.39, 0.29) is 5.75 Å². The number of nitrogen functional groups attached to an aromatic ring is 1. The van der Waals surface area contributed by atoms with Gasteiger partial charge < -0.3 is 10.5 Å². The van der Waals surface area contributed by atoms with Gasteiger partial charge in [0.1, 0.15) is 0 Å². The number of alkyl carbamates (subject to hydrolysis) is 1. The molecule has 0 aromatic heterocycles. The maximum absolute atomic E-state index is 11.3. The number of ether oxygens (including phenoxy) is 1. The smallest absolute Gasteiger partial charge is 0.413 e. The molecule has 0 fully saturated rings. The van der Waals surface area contributed by atoms with Gasteiger partial charge >= 0.3 is 6.09 Å². The minimum absolute atomic E-state index is 0.153. The number of carbonyl (C=O) groups excluding carboxylic acids is 2. The van der Waals surface area contributed by atoms with Crippen LogP contribution in [0, 0.1) is 6.92 Å². The molecule has 0 spiro atoms. The summed E-state index contributed by atoms with van der Waals surface area (Å²) < 4.78 is 4.32. The molecule has 0 aliphatic rings. The van der Waals surface area contributed by atoms with Crippen molar-refractivity contribution in [1.29, 1.82) is 0 Å². The summed E-state index contributed by atoms with van der Waals surface area (Å²) in [6.45, 7) is 1.91. The standard InChI is InChI=1S/C11H14N2O3S/c1-7-5-8(12)3-4-9(7)17-6-10(14)13-11(15)16-2/h3-5H,6,12H2,1-2H3,(H,13,14,15). The molecule has 3 N–H and O–H groups in total. The molecule has 1 aromatic carbocycles. The average Bonchev–Trinajstić information content (AvgIpc) is 2.27. The molecule has 2 amide bonds. The number of hydrogen-bond acceptors (Lipinski definition) is 5. The van der Waals surface area contributed by atoms with Crippen LogP contribution in [0.15, 0.2) is 23.1 Å². The SMILES string of the molecule is COC(=O)NC(=O)CSc1ccc(N)cc1C. The van der Waals surface area contributed by atoms with Crippen molar-refractivity contribution in [3.63, 3.8) is 0 Å². The zero-order chi connectivity index (χ0) is 12.8. The van der Waals surface area contributed by atoms with Crippen molar-refractivity contribution in [3.8, 4) is 0 Å². The van der Waals surface area contributed by atoms with E-state index < -0.39 is 12.0 Å². The fourth-order valence-electron chi connectivity index (χ4n) is 1.18. The lowest BCUT2D eigenvalue weighted by atomic mass is 10.2. The summed E-state index contributed by atoms with van der Waals surface area (Å²) in [7, 11) is 1.21. The Balaban J connectivity index is 2.50. The number of amides is 2. The quantitative estimate of drug-likeness (QED) is 0.632. The maximum atomic E-state index is 11.3. The van der Waals surface area contributed by atoms with Crippen LogP contribution in [0.1, 0.15) is 5.56 Å². The molecule has 0 radical (unpaired) electrons. The third-order valence-electron chi connectivity index (χ3n) is 1.98. The van der Waals surface area contributed by atoms with Gasteiger partial charge in [0.05, 0.1) is 12.9 Å². The lowest BCUT2D eigenvalue weighted by Gasteiger charge is -2.06. The van der Waals surface area contributed by atoms with E-state index in [1.165, 1.54) is 18.9 Å². The lowest BCUT2D eigenvalue weighted by molar-refractivity contribution is -0.117. The van der Waals surface area contributed by atoms with Crippen LogP contribution in [-0.2, 0) is 9.53 Å². The number of benzene rings is 1. The summed E-state index contributed by atoms with van der Waals surface area (Å²) in [5.74, 6) is -0.238. The van der Waals surface area contributed by atoms with Crippen molar-refractivity contribution in [2.75, 3.05) is 18.6 Å². The Morgan fingerprint density at radius 2 is 2.18 bits per heavy atom. The predicted molar refractivity (Wildman–Crippen MR) is 66.9 cm³/mol. The van der Waals surface area contributed by atoms with Crippen molar-refractivity contribution in [2.24, 2.45) is 0 Å². The molecule has 0 saturated heterocycles. The lowest BCUT2D eigenvalue weighted by Crippen LogP contribution is -2.31. The van der Waals surface area contributed by atoms with Gasteiger partial charge in [-0.05, 0) is 30.7 Å². The molecule has 1 rings (SSSR count). The minimum Gasteiger partial charge on any atom is -0.453 e. The van der Waals surface area contributed by atoms with Crippen molar-refractivity contribution >= 4 is 29.4 Å². The van der Waals surface area contributed by atoms with Crippen LogP contribution in [0.4, 0.5) is 10.5 Å². The molecule has 0 bridgehead atoms. The Morgan fingerprint density at radius 3 is 2.76 bits per heavy atom. The molecule has 0 saturated carbocycles. The Kier molecular flexibility index (Phi) is 4.84. The highest BCUT2D eigenvalue weighted by Gasteiger charge is 2.08. The fourth-order valence-corrected chi connectivity index (χ4v) is 1.99. The number of nitrogens with one attached hydrogen (secondary N) is 1. The molecule has 0 heterocycles. The van der Waals surface area contributed by atoms with E-state index in [2.05, 4.69) is 10.1 Å². The molecule has 0 aliphatic heterocycles. The van der Waals surface area contributed by atoms with Gasteiger partial charge in [-0.3, -0.25) is 10.1 Å². The van der Waals surface area contributed by atoms with Gasteiger partial charge in [-0.15, -0.1) is 11.8 Å². The van der Waals surface area contributed by atoms with Crippen molar-refractivity contribution in [3.05, 3.63) is 23.8 Å². The van der Waals surface area contributed by atoms with Crippen molar-refractivity contribution < 1.29 is 14.3 Å². The van der Waals surface area contributed by atoms with Crippen LogP contribution in [0.3, 0.4) is 0 Å². The summed E-state index contributed by atoms with van der Waals surface area (Å²) >= 11 is 1.34. The molecule has 0 unspecified atom stereocenters. The van der Waals surface area contributed by atoms with E-state index in [9.17, 15) is 9.59 Å². The number of thioether (sulfide) groups is 1. The van der Waals surface area contributed by atoms with Gasteiger partial charge in [0.25, 0.3) is 0 Å². The van der Waals surface area contributed by atoms with E-state index in [4.69, 9.17) is 5.73 Å². The Bertz CT molecular complexity index is 435. The summed E-state index contributed by atoms with van der Waals surface area (Å²) in [5.41, 5.74) is 7.30. The molecule has 92 valence electrons. The van der Waals surface area contributed by atoms with Crippen LogP contribution in [-0.4, -0.2) is 24.9 Å². The molecule has 0 atom stereocenters. The van der Waals surface area contributed by atoms with Gasteiger partial charge in [-0.2, -0.15) is 0 Å². The fraction of sp³-hybridized carbons (Fsp3) is 0.273. The van der Waals surface area contributed by atoms with Gasteiger partial charge in [0.2, 0.25) is 5.91 Å². The summed E-state index contributed by atoms with van der Waals surface area (Å²) in [5, 5.41) is 2.09. The molecular weight excluding hydrogens is 240 g/mol. The van der Waals surface area contributed by atoms with Crippen molar-refractivity contribution in [2.45, 2.75) is 11.8 Å². The first-order chi connectivity index (χ1) is 8.02. The van der Waals surface area contributed by atoms with E-state index in [0.717, 1.165) is 10.5 Å². The highest BCUT2D eigenvalue weighted by atomic mass is 32.2. The van der Waals surface area contributed by atoms with Crippen LogP contribution in [0.2, 0.25) is 0 Å². The first kappa shape index (κ1) is 13.4. The highest BCUT2D eigenvalue weighted by Crippen LogP contribution is 2.23. The van der Waals surface area contributed by atoms with Gasteiger partial charge in [-0.1, -0.05) is 0 Å².